The normalized spacial score (nSPS) is 19.1. The lowest BCUT2D eigenvalue weighted by Crippen LogP contribution is -2.39. The first kappa shape index (κ1) is 22.4. The Morgan fingerprint density at radius 3 is 2.23 bits per heavy atom. The Bertz CT molecular complexity index is 799. The van der Waals surface area contributed by atoms with Crippen LogP contribution in [0.4, 0.5) is 4.39 Å². The van der Waals surface area contributed by atoms with Crippen molar-refractivity contribution in [2.45, 2.75) is 50.6 Å². The molecule has 0 bridgehead atoms. The molecule has 1 N–H and O–H groups in total. The average molecular weight is 413 g/mol. The summed E-state index contributed by atoms with van der Waals surface area (Å²) in [5, 5.41) is 8.95. The van der Waals surface area contributed by atoms with Crippen LogP contribution in [0.25, 0.3) is 0 Å². The number of rotatable bonds is 8. The zero-order valence-corrected chi connectivity index (χ0v) is 18.1. The molecule has 1 saturated carbocycles. The molecule has 162 valence electrons. The summed E-state index contributed by atoms with van der Waals surface area (Å²) in [4.78, 5) is 16.7. The molecule has 0 spiro atoms. The smallest absolute Gasteiger partial charge is 0.253 e. The quantitative estimate of drug-likeness (QED) is 0.697. The van der Waals surface area contributed by atoms with Crippen LogP contribution in [0.3, 0.4) is 0 Å². The van der Waals surface area contributed by atoms with E-state index < -0.39 is 0 Å². The van der Waals surface area contributed by atoms with Crippen molar-refractivity contribution in [3.05, 3.63) is 71.0 Å². The summed E-state index contributed by atoms with van der Waals surface area (Å²) in [5.41, 5.74) is 3.21. The molecule has 2 aromatic rings. The molecule has 30 heavy (non-hydrogen) atoms. The highest BCUT2D eigenvalue weighted by atomic mass is 19.1. The van der Waals surface area contributed by atoms with E-state index in [4.69, 9.17) is 5.11 Å². The number of benzene rings is 2. The summed E-state index contributed by atoms with van der Waals surface area (Å²) in [5.74, 6) is 0.183. The van der Waals surface area contributed by atoms with Crippen LogP contribution >= 0.6 is 0 Å². The number of hydrogen-bond donors (Lipinski definition) is 1. The first-order valence-electron chi connectivity index (χ1n) is 10.9. The fraction of sp³-hybridized carbons (Fsp3) is 0.480. The number of amides is 1. The van der Waals surface area contributed by atoms with Crippen LogP contribution in [0.15, 0.2) is 48.5 Å². The zero-order valence-electron chi connectivity index (χ0n) is 18.1. The maximum Gasteiger partial charge on any atom is 0.253 e. The number of carbonyl (C=O) groups excluding carboxylic acids is 1. The molecule has 0 unspecified atom stereocenters. The highest BCUT2D eigenvalue weighted by molar-refractivity contribution is 5.94. The van der Waals surface area contributed by atoms with Crippen molar-refractivity contribution >= 4 is 5.91 Å². The van der Waals surface area contributed by atoms with Crippen molar-refractivity contribution < 1.29 is 14.3 Å². The van der Waals surface area contributed by atoms with Gasteiger partial charge in [0.2, 0.25) is 0 Å². The van der Waals surface area contributed by atoms with Gasteiger partial charge in [0.05, 0.1) is 0 Å². The lowest BCUT2D eigenvalue weighted by Gasteiger charge is -2.35. The van der Waals surface area contributed by atoms with Crippen LogP contribution in [-0.4, -0.2) is 54.1 Å². The van der Waals surface area contributed by atoms with Gasteiger partial charge in [-0.3, -0.25) is 4.79 Å². The molecule has 0 heterocycles. The number of halogens is 1. The largest absolute Gasteiger partial charge is 0.396 e. The molecular weight excluding hydrogens is 379 g/mol. The monoisotopic (exact) mass is 412 g/mol. The van der Waals surface area contributed by atoms with E-state index in [9.17, 15) is 9.18 Å². The maximum atomic E-state index is 13.1. The number of aliphatic hydroxyl groups excluding tert-OH is 1. The molecule has 1 fully saturated rings. The van der Waals surface area contributed by atoms with Crippen LogP contribution in [-0.2, 0) is 6.54 Å². The SMILES string of the molecule is CN(CCCO)Cc1ccc([C@H]2CC[C@H](N(C)C(=O)c3ccc(F)cc3)CC2)cc1. The van der Waals surface area contributed by atoms with Crippen molar-refractivity contribution in [2.24, 2.45) is 0 Å². The third-order valence-corrected chi connectivity index (χ3v) is 6.26. The van der Waals surface area contributed by atoms with Gasteiger partial charge in [-0.05, 0) is 80.5 Å². The Morgan fingerprint density at radius 2 is 1.63 bits per heavy atom. The Morgan fingerprint density at radius 1 is 1.00 bits per heavy atom. The van der Waals surface area contributed by atoms with E-state index >= 15 is 0 Å². The van der Waals surface area contributed by atoms with Crippen molar-refractivity contribution in [1.29, 1.82) is 0 Å². The summed E-state index contributed by atoms with van der Waals surface area (Å²) in [6, 6.07) is 14.9. The second kappa shape index (κ2) is 10.7. The second-order valence-electron chi connectivity index (χ2n) is 8.48. The molecule has 5 heteroatoms. The molecule has 1 amide bonds. The van der Waals surface area contributed by atoms with Gasteiger partial charge in [-0.2, -0.15) is 0 Å². The fourth-order valence-corrected chi connectivity index (χ4v) is 4.38. The predicted molar refractivity (Wildman–Crippen MR) is 118 cm³/mol. The number of hydrogen-bond acceptors (Lipinski definition) is 3. The lowest BCUT2D eigenvalue weighted by molar-refractivity contribution is 0.0689. The molecule has 0 atom stereocenters. The Kier molecular flexibility index (Phi) is 8.00. The van der Waals surface area contributed by atoms with Gasteiger partial charge in [-0.25, -0.2) is 4.39 Å². The third-order valence-electron chi connectivity index (χ3n) is 6.26. The van der Waals surface area contributed by atoms with Crippen molar-refractivity contribution in [1.82, 2.24) is 9.80 Å². The van der Waals surface area contributed by atoms with Gasteiger partial charge in [0.25, 0.3) is 5.91 Å². The summed E-state index contributed by atoms with van der Waals surface area (Å²) < 4.78 is 13.1. The summed E-state index contributed by atoms with van der Waals surface area (Å²) in [6.07, 6.45) is 4.92. The predicted octanol–water partition coefficient (Wildman–Crippen LogP) is 4.44. The molecule has 0 aromatic heterocycles. The molecule has 0 radical (unpaired) electrons. The molecule has 1 aliphatic carbocycles. The van der Waals surface area contributed by atoms with Gasteiger partial charge >= 0.3 is 0 Å². The van der Waals surface area contributed by atoms with Gasteiger partial charge in [-0.1, -0.05) is 24.3 Å². The van der Waals surface area contributed by atoms with E-state index in [1.165, 1.54) is 23.3 Å². The van der Waals surface area contributed by atoms with Crippen LogP contribution in [0.5, 0.6) is 0 Å². The van der Waals surface area contributed by atoms with Crippen LogP contribution in [0.2, 0.25) is 0 Å². The minimum atomic E-state index is -0.322. The second-order valence-corrected chi connectivity index (χ2v) is 8.48. The fourth-order valence-electron chi connectivity index (χ4n) is 4.38. The summed E-state index contributed by atoms with van der Waals surface area (Å²) >= 11 is 0. The van der Waals surface area contributed by atoms with E-state index in [0.717, 1.165) is 45.2 Å². The molecule has 4 nitrogen and oxygen atoms in total. The molecule has 2 aromatic carbocycles. The molecule has 1 aliphatic rings. The summed E-state index contributed by atoms with van der Waals surface area (Å²) in [7, 11) is 3.94. The van der Waals surface area contributed by atoms with Gasteiger partial charge in [0.1, 0.15) is 5.82 Å². The highest BCUT2D eigenvalue weighted by Gasteiger charge is 2.27. The molecular formula is C25H33FN2O2. The molecule has 3 rings (SSSR count). The van der Waals surface area contributed by atoms with E-state index in [-0.39, 0.29) is 24.4 Å². The number of aliphatic hydroxyl groups is 1. The Balaban J connectivity index is 1.51. The lowest BCUT2D eigenvalue weighted by atomic mass is 9.81. The van der Waals surface area contributed by atoms with Crippen LogP contribution in [0.1, 0.15) is 59.5 Å². The van der Waals surface area contributed by atoms with Gasteiger partial charge in [0.15, 0.2) is 0 Å². The average Bonchev–Trinajstić information content (AvgIpc) is 2.78. The molecule has 0 aliphatic heterocycles. The van der Waals surface area contributed by atoms with Crippen LogP contribution < -0.4 is 0 Å². The van der Waals surface area contributed by atoms with E-state index in [0.29, 0.717) is 11.5 Å². The first-order chi connectivity index (χ1) is 14.5. The zero-order chi connectivity index (χ0) is 21.5. The first-order valence-corrected chi connectivity index (χ1v) is 10.9. The summed E-state index contributed by atoms with van der Waals surface area (Å²) in [6.45, 7) is 2.02. The standard InChI is InChI=1S/C25H33FN2O2/c1-27(16-3-17-29)18-19-4-6-20(7-5-19)21-10-14-24(15-11-21)28(2)25(30)22-8-12-23(26)13-9-22/h4-9,12-13,21,24,29H,3,10-11,14-18H2,1-2H3/t21-,24-. The Hall–Kier alpha value is -2.24. The van der Waals surface area contributed by atoms with E-state index in [2.05, 4.69) is 36.2 Å². The topological polar surface area (TPSA) is 43.8 Å². The Labute approximate surface area is 179 Å². The van der Waals surface area contributed by atoms with Gasteiger partial charge in [0, 0.05) is 38.3 Å². The van der Waals surface area contributed by atoms with Crippen molar-refractivity contribution in [2.75, 3.05) is 27.2 Å². The highest BCUT2D eigenvalue weighted by Crippen LogP contribution is 2.35. The van der Waals surface area contributed by atoms with Crippen LogP contribution in [0, 0.1) is 5.82 Å². The van der Waals surface area contributed by atoms with Crippen molar-refractivity contribution in [3.63, 3.8) is 0 Å². The number of carbonyl (C=O) groups is 1. The minimum absolute atomic E-state index is 0.0341. The minimum Gasteiger partial charge on any atom is -0.396 e. The van der Waals surface area contributed by atoms with Crippen molar-refractivity contribution in [3.8, 4) is 0 Å². The van der Waals surface area contributed by atoms with E-state index in [1.807, 2.05) is 11.9 Å². The van der Waals surface area contributed by atoms with Gasteiger partial charge in [-0.15, -0.1) is 0 Å². The number of nitrogens with zero attached hydrogens (tertiary/aromatic N) is 2. The third kappa shape index (κ3) is 5.89. The maximum absolute atomic E-state index is 13.1. The molecule has 0 saturated heterocycles. The van der Waals surface area contributed by atoms with Gasteiger partial charge < -0.3 is 14.9 Å². The van der Waals surface area contributed by atoms with E-state index in [1.54, 1.807) is 12.1 Å².